The first-order valence-electron chi connectivity index (χ1n) is 3.32. The van der Waals surface area contributed by atoms with Gasteiger partial charge in [-0.2, -0.15) is 0 Å². The Bertz CT molecular complexity index is 262. The lowest BCUT2D eigenvalue weighted by Crippen LogP contribution is -1.91. The van der Waals surface area contributed by atoms with E-state index in [2.05, 4.69) is 6.07 Å². The van der Waals surface area contributed by atoms with Crippen molar-refractivity contribution in [3.63, 3.8) is 0 Å². The van der Waals surface area contributed by atoms with Crippen molar-refractivity contribution in [3.05, 3.63) is 29.3 Å². The maximum Gasteiger partial charge on any atom is 0.0745 e. The fourth-order valence-electron chi connectivity index (χ4n) is 1.23. The third-order valence-electron chi connectivity index (χ3n) is 1.81. The van der Waals surface area contributed by atoms with E-state index in [9.17, 15) is 0 Å². The van der Waals surface area contributed by atoms with Crippen molar-refractivity contribution < 1.29 is 4.74 Å². The van der Waals surface area contributed by atoms with E-state index in [1.54, 1.807) is 0 Å². The average Bonchev–Trinajstić information content (AvgIpc) is 2.36. The summed E-state index contributed by atoms with van der Waals surface area (Å²) in [6, 6.07) is 5.93. The first-order chi connectivity index (χ1) is 4.88. The predicted molar refractivity (Wildman–Crippen MR) is 46.6 cm³/mol. The summed E-state index contributed by atoms with van der Waals surface area (Å²) in [6.07, 6.45) is 0. The summed E-state index contributed by atoms with van der Waals surface area (Å²) in [5.74, 6) is 0. The van der Waals surface area contributed by atoms with E-state index in [0.29, 0.717) is 6.61 Å². The van der Waals surface area contributed by atoms with Crippen molar-refractivity contribution >= 4 is 18.1 Å². The van der Waals surface area contributed by atoms with Gasteiger partial charge < -0.3 is 10.5 Å². The van der Waals surface area contributed by atoms with Crippen LogP contribution < -0.4 is 5.73 Å². The van der Waals surface area contributed by atoms with Gasteiger partial charge in [0.15, 0.2) is 0 Å². The number of nitrogens with two attached hydrogens (primary N) is 1. The lowest BCUT2D eigenvalue weighted by Gasteiger charge is -1.98. The molecule has 1 aliphatic rings. The largest absolute Gasteiger partial charge is 0.398 e. The molecule has 1 aromatic carbocycles. The number of rotatable bonds is 0. The molecule has 2 nitrogen and oxygen atoms in total. The summed E-state index contributed by atoms with van der Waals surface area (Å²) in [4.78, 5) is 0. The minimum atomic E-state index is 0. The molecule has 60 valence electrons. The first kappa shape index (κ1) is 8.37. The average molecular weight is 172 g/mol. The Morgan fingerprint density at radius 3 is 2.82 bits per heavy atom. The zero-order valence-electron chi connectivity index (χ0n) is 6.04. The highest BCUT2D eigenvalue weighted by atomic mass is 35.5. The summed E-state index contributed by atoms with van der Waals surface area (Å²) in [7, 11) is 0. The van der Waals surface area contributed by atoms with Gasteiger partial charge in [-0.05, 0) is 11.6 Å². The number of ether oxygens (including phenoxy) is 1. The summed E-state index contributed by atoms with van der Waals surface area (Å²) in [6.45, 7) is 1.41. The molecule has 0 amide bonds. The van der Waals surface area contributed by atoms with E-state index in [1.807, 2.05) is 12.1 Å². The Labute approximate surface area is 71.8 Å². The van der Waals surface area contributed by atoms with Crippen molar-refractivity contribution in [2.24, 2.45) is 0 Å². The lowest BCUT2D eigenvalue weighted by molar-refractivity contribution is 0.134. The topological polar surface area (TPSA) is 35.2 Å². The molecule has 3 heteroatoms. The van der Waals surface area contributed by atoms with E-state index >= 15 is 0 Å². The van der Waals surface area contributed by atoms with Gasteiger partial charge in [0.05, 0.1) is 13.2 Å². The van der Waals surface area contributed by atoms with Crippen LogP contribution in [0.5, 0.6) is 0 Å². The van der Waals surface area contributed by atoms with E-state index < -0.39 is 0 Å². The minimum absolute atomic E-state index is 0. The Balaban J connectivity index is 0.000000605. The van der Waals surface area contributed by atoms with E-state index in [0.717, 1.165) is 12.3 Å². The van der Waals surface area contributed by atoms with Gasteiger partial charge in [0, 0.05) is 11.3 Å². The van der Waals surface area contributed by atoms with Gasteiger partial charge >= 0.3 is 0 Å². The molecule has 0 fully saturated rings. The predicted octanol–water partition coefficient (Wildman–Crippen LogP) is 1.72. The number of nitrogen functional groups attached to an aromatic ring is 1. The number of halogens is 1. The molecule has 11 heavy (non-hydrogen) atoms. The lowest BCUT2D eigenvalue weighted by atomic mass is 10.1. The maximum atomic E-state index is 5.69. The third-order valence-corrected chi connectivity index (χ3v) is 1.81. The molecule has 0 saturated carbocycles. The summed E-state index contributed by atoms with van der Waals surface area (Å²) < 4.78 is 5.22. The molecule has 0 atom stereocenters. The summed E-state index contributed by atoms with van der Waals surface area (Å²) in [5, 5.41) is 0. The molecule has 2 N–H and O–H groups in total. The van der Waals surface area contributed by atoms with Crippen LogP contribution in [0, 0.1) is 0 Å². The molecule has 0 saturated heterocycles. The number of anilines is 1. The van der Waals surface area contributed by atoms with Crippen LogP contribution in [0.1, 0.15) is 11.1 Å². The Kier molecular flexibility index (Phi) is 2.37. The van der Waals surface area contributed by atoms with Gasteiger partial charge in [0.2, 0.25) is 0 Å². The van der Waals surface area contributed by atoms with Crippen LogP contribution in [0.3, 0.4) is 0 Å². The number of benzene rings is 1. The molecule has 1 aromatic rings. The van der Waals surface area contributed by atoms with Gasteiger partial charge in [-0.25, -0.2) is 0 Å². The van der Waals surface area contributed by atoms with E-state index in [-0.39, 0.29) is 12.4 Å². The quantitative estimate of drug-likeness (QED) is 0.604. The summed E-state index contributed by atoms with van der Waals surface area (Å²) >= 11 is 0. The van der Waals surface area contributed by atoms with Crippen molar-refractivity contribution in [1.82, 2.24) is 0 Å². The van der Waals surface area contributed by atoms with Crippen LogP contribution in [0.4, 0.5) is 5.69 Å². The number of hydrogen-bond acceptors (Lipinski definition) is 2. The monoisotopic (exact) mass is 171 g/mol. The SMILES string of the molecule is Cl.Nc1cccc2c1COC2. The van der Waals surface area contributed by atoms with Crippen LogP contribution in [-0.4, -0.2) is 0 Å². The van der Waals surface area contributed by atoms with Gasteiger partial charge in [0.25, 0.3) is 0 Å². The van der Waals surface area contributed by atoms with Gasteiger partial charge in [-0.15, -0.1) is 12.4 Å². The second-order valence-corrected chi connectivity index (χ2v) is 2.48. The van der Waals surface area contributed by atoms with Crippen molar-refractivity contribution in [2.45, 2.75) is 13.2 Å². The maximum absolute atomic E-state index is 5.69. The Morgan fingerprint density at radius 2 is 2.09 bits per heavy atom. The molecule has 0 spiro atoms. The fourth-order valence-corrected chi connectivity index (χ4v) is 1.23. The highest BCUT2D eigenvalue weighted by Crippen LogP contribution is 2.24. The molecule has 0 aliphatic carbocycles. The van der Waals surface area contributed by atoms with Gasteiger partial charge in [-0.3, -0.25) is 0 Å². The standard InChI is InChI=1S/C8H9NO.ClH/c9-8-3-1-2-6-4-10-5-7(6)8;/h1-3H,4-5,9H2;1H. The van der Waals surface area contributed by atoms with Gasteiger partial charge in [0.1, 0.15) is 0 Å². The molecular weight excluding hydrogens is 162 g/mol. The molecule has 0 bridgehead atoms. The van der Waals surface area contributed by atoms with Crippen LogP contribution in [-0.2, 0) is 18.0 Å². The first-order valence-corrected chi connectivity index (χ1v) is 3.32. The molecule has 0 aromatic heterocycles. The molecule has 1 aliphatic heterocycles. The Hall–Kier alpha value is -0.730. The zero-order valence-corrected chi connectivity index (χ0v) is 6.86. The number of hydrogen-bond donors (Lipinski definition) is 1. The minimum Gasteiger partial charge on any atom is -0.398 e. The molecule has 0 radical (unpaired) electrons. The van der Waals surface area contributed by atoms with Crippen molar-refractivity contribution in [2.75, 3.05) is 5.73 Å². The van der Waals surface area contributed by atoms with E-state index in [4.69, 9.17) is 10.5 Å². The molecule has 2 rings (SSSR count). The van der Waals surface area contributed by atoms with E-state index in [1.165, 1.54) is 11.1 Å². The third kappa shape index (κ3) is 1.32. The molecular formula is C8H10ClNO. The van der Waals surface area contributed by atoms with Crippen LogP contribution >= 0.6 is 12.4 Å². The van der Waals surface area contributed by atoms with Gasteiger partial charge in [-0.1, -0.05) is 12.1 Å². The smallest absolute Gasteiger partial charge is 0.0745 e. The normalized spacial score (nSPS) is 13.8. The molecule has 1 heterocycles. The van der Waals surface area contributed by atoms with Crippen LogP contribution in [0.2, 0.25) is 0 Å². The second-order valence-electron chi connectivity index (χ2n) is 2.48. The number of fused-ring (bicyclic) bond motifs is 1. The zero-order chi connectivity index (χ0) is 6.97. The van der Waals surface area contributed by atoms with Crippen LogP contribution in [0.15, 0.2) is 18.2 Å². The summed E-state index contributed by atoms with van der Waals surface area (Å²) in [5.41, 5.74) is 8.95. The van der Waals surface area contributed by atoms with Crippen molar-refractivity contribution in [3.8, 4) is 0 Å². The fraction of sp³-hybridized carbons (Fsp3) is 0.250. The Morgan fingerprint density at radius 1 is 1.27 bits per heavy atom. The second kappa shape index (κ2) is 3.11. The van der Waals surface area contributed by atoms with Crippen LogP contribution in [0.25, 0.3) is 0 Å². The van der Waals surface area contributed by atoms with Crippen molar-refractivity contribution in [1.29, 1.82) is 0 Å². The highest BCUT2D eigenvalue weighted by molar-refractivity contribution is 5.85. The highest BCUT2D eigenvalue weighted by Gasteiger charge is 2.11. The molecule has 0 unspecified atom stereocenters.